The molecule has 0 spiro atoms. The Bertz CT molecular complexity index is 346. The predicted octanol–water partition coefficient (Wildman–Crippen LogP) is 3.15. The summed E-state index contributed by atoms with van der Waals surface area (Å²) in [6.07, 6.45) is 0. The van der Waals surface area contributed by atoms with Crippen LogP contribution in [0.1, 0.15) is 31.0 Å². The second-order valence-corrected chi connectivity index (χ2v) is 5.98. The van der Waals surface area contributed by atoms with Gasteiger partial charge in [0.05, 0.1) is 0 Å². The van der Waals surface area contributed by atoms with Gasteiger partial charge in [-0.1, -0.05) is 24.3 Å². The summed E-state index contributed by atoms with van der Waals surface area (Å²) < 4.78 is 0. The Morgan fingerprint density at radius 1 is 1.33 bits per heavy atom. The number of nitrogens with one attached hydrogen (secondary N) is 1. The first-order chi connectivity index (χ1) is 7.08. The average Bonchev–Trinajstić information content (AvgIpc) is 2.17. The van der Waals surface area contributed by atoms with Crippen LogP contribution in [0.15, 0.2) is 24.3 Å². The van der Waals surface area contributed by atoms with E-state index in [0.717, 1.165) is 0 Å². The van der Waals surface area contributed by atoms with Crippen LogP contribution in [0, 0.1) is 6.92 Å². The first-order valence-corrected chi connectivity index (χ1v) is 6.65. The molecule has 0 aromatic heterocycles. The molecule has 1 aliphatic rings. The highest BCUT2D eigenvalue weighted by Crippen LogP contribution is 2.30. The Morgan fingerprint density at radius 3 is 2.73 bits per heavy atom. The van der Waals surface area contributed by atoms with Gasteiger partial charge in [-0.05, 0) is 31.9 Å². The molecule has 0 bridgehead atoms. The predicted molar refractivity (Wildman–Crippen MR) is 68.5 cm³/mol. The van der Waals surface area contributed by atoms with E-state index in [9.17, 15) is 0 Å². The van der Waals surface area contributed by atoms with Gasteiger partial charge in [-0.25, -0.2) is 0 Å². The molecular formula is C13H19NS. The molecule has 1 saturated heterocycles. The zero-order chi connectivity index (χ0) is 10.9. The normalized spacial score (nSPS) is 25.1. The molecule has 1 atom stereocenters. The summed E-state index contributed by atoms with van der Waals surface area (Å²) in [5.74, 6) is 2.39. The maximum absolute atomic E-state index is 3.73. The minimum absolute atomic E-state index is 0.260. The minimum Gasteiger partial charge on any atom is -0.303 e. The van der Waals surface area contributed by atoms with Crippen molar-refractivity contribution in [2.24, 2.45) is 0 Å². The van der Waals surface area contributed by atoms with Crippen LogP contribution >= 0.6 is 11.8 Å². The lowest BCUT2D eigenvalue weighted by atomic mass is 9.99. The number of benzene rings is 1. The first-order valence-electron chi connectivity index (χ1n) is 5.49. The third-order valence-corrected chi connectivity index (χ3v) is 4.37. The second kappa shape index (κ2) is 4.18. The number of rotatable bonds is 1. The molecule has 0 radical (unpaired) electrons. The van der Waals surface area contributed by atoms with Gasteiger partial charge in [0, 0.05) is 23.1 Å². The van der Waals surface area contributed by atoms with Gasteiger partial charge < -0.3 is 5.32 Å². The monoisotopic (exact) mass is 221 g/mol. The fourth-order valence-electron chi connectivity index (χ4n) is 2.13. The molecular weight excluding hydrogens is 202 g/mol. The topological polar surface area (TPSA) is 12.0 Å². The number of hydrogen-bond donors (Lipinski definition) is 1. The molecule has 1 unspecified atom stereocenters. The molecule has 1 fully saturated rings. The van der Waals surface area contributed by atoms with Crippen LogP contribution in [0.5, 0.6) is 0 Å². The summed E-state index contributed by atoms with van der Waals surface area (Å²) in [5, 5.41) is 3.73. The van der Waals surface area contributed by atoms with E-state index in [1.165, 1.54) is 22.6 Å². The quantitative estimate of drug-likeness (QED) is 0.782. The minimum atomic E-state index is 0.260. The van der Waals surface area contributed by atoms with Crippen molar-refractivity contribution in [3.05, 3.63) is 35.4 Å². The van der Waals surface area contributed by atoms with Gasteiger partial charge in [0.2, 0.25) is 0 Å². The Kier molecular flexibility index (Phi) is 3.08. The van der Waals surface area contributed by atoms with E-state index in [0.29, 0.717) is 6.04 Å². The van der Waals surface area contributed by atoms with Crippen LogP contribution in [0.25, 0.3) is 0 Å². The van der Waals surface area contributed by atoms with Gasteiger partial charge >= 0.3 is 0 Å². The van der Waals surface area contributed by atoms with Crippen LogP contribution in [0.3, 0.4) is 0 Å². The first kappa shape index (κ1) is 11.0. The lowest BCUT2D eigenvalue weighted by Crippen LogP contribution is -2.48. The molecule has 2 heteroatoms. The summed E-state index contributed by atoms with van der Waals surface area (Å²) in [6, 6.07) is 9.20. The van der Waals surface area contributed by atoms with Gasteiger partial charge in [0.25, 0.3) is 0 Å². The van der Waals surface area contributed by atoms with Crippen molar-refractivity contribution < 1.29 is 0 Å². The van der Waals surface area contributed by atoms with Crippen LogP contribution in [-0.2, 0) is 0 Å². The van der Waals surface area contributed by atoms with Gasteiger partial charge in [0.1, 0.15) is 0 Å². The third kappa shape index (κ3) is 2.56. The van der Waals surface area contributed by atoms with Crippen molar-refractivity contribution in [3.8, 4) is 0 Å². The highest BCUT2D eigenvalue weighted by atomic mass is 32.2. The summed E-state index contributed by atoms with van der Waals surface area (Å²) in [4.78, 5) is 0. The molecule has 1 nitrogen and oxygen atoms in total. The van der Waals surface area contributed by atoms with Crippen molar-refractivity contribution in [2.45, 2.75) is 32.4 Å². The molecule has 1 aromatic rings. The number of thioether (sulfide) groups is 1. The highest BCUT2D eigenvalue weighted by molar-refractivity contribution is 7.99. The molecule has 82 valence electrons. The van der Waals surface area contributed by atoms with Crippen molar-refractivity contribution in [2.75, 3.05) is 11.5 Å². The Balaban J connectivity index is 2.21. The van der Waals surface area contributed by atoms with Crippen LogP contribution in [0.2, 0.25) is 0 Å². The lowest BCUT2D eigenvalue weighted by molar-refractivity contribution is 0.375. The molecule has 0 saturated carbocycles. The highest BCUT2D eigenvalue weighted by Gasteiger charge is 2.28. The smallest absolute Gasteiger partial charge is 0.0418 e. The zero-order valence-corrected chi connectivity index (χ0v) is 10.5. The Labute approximate surface area is 96.7 Å². The summed E-state index contributed by atoms with van der Waals surface area (Å²) in [6.45, 7) is 6.76. The van der Waals surface area contributed by atoms with Gasteiger partial charge in [0.15, 0.2) is 0 Å². The van der Waals surface area contributed by atoms with E-state index in [2.05, 4.69) is 62.1 Å². The fourth-order valence-corrected chi connectivity index (χ4v) is 3.34. The van der Waals surface area contributed by atoms with Crippen molar-refractivity contribution in [1.29, 1.82) is 0 Å². The molecule has 2 rings (SSSR count). The maximum Gasteiger partial charge on any atom is 0.0418 e. The van der Waals surface area contributed by atoms with E-state index < -0.39 is 0 Å². The zero-order valence-electron chi connectivity index (χ0n) is 9.71. The van der Waals surface area contributed by atoms with E-state index >= 15 is 0 Å². The van der Waals surface area contributed by atoms with Gasteiger partial charge in [-0.2, -0.15) is 11.8 Å². The van der Waals surface area contributed by atoms with E-state index in [-0.39, 0.29) is 5.54 Å². The largest absolute Gasteiger partial charge is 0.303 e. The van der Waals surface area contributed by atoms with E-state index in [1.807, 2.05) is 0 Å². The van der Waals surface area contributed by atoms with E-state index in [4.69, 9.17) is 0 Å². The summed E-state index contributed by atoms with van der Waals surface area (Å²) in [5.41, 5.74) is 3.11. The van der Waals surface area contributed by atoms with Crippen LogP contribution in [-0.4, -0.2) is 17.0 Å². The molecule has 1 heterocycles. The summed E-state index contributed by atoms with van der Waals surface area (Å²) in [7, 11) is 0. The van der Waals surface area contributed by atoms with Gasteiger partial charge in [-0.15, -0.1) is 0 Å². The fraction of sp³-hybridized carbons (Fsp3) is 0.538. The van der Waals surface area contributed by atoms with Gasteiger partial charge in [-0.3, -0.25) is 0 Å². The Hall–Kier alpha value is -0.470. The number of aryl methyl sites for hydroxylation is 1. The maximum atomic E-state index is 3.73. The second-order valence-electron chi connectivity index (χ2n) is 4.95. The van der Waals surface area contributed by atoms with Crippen LogP contribution in [0.4, 0.5) is 0 Å². The molecule has 0 aliphatic carbocycles. The van der Waals surface area contributed by atoms with Crippen molar-refractivity contribution >= 4 is 11.8 Å². The van der Waals surface area contributed by atoms with Crippen molar-refractivity contribution in [3.63, 3.8) is 0 Å². The lowest BCUT2D eigenvalue weighted by Gasteiger charge is -2.37. The SMILES string of the molecule is Cc1ccccc1C1CSCC(C)(C)N1. The molecule has 1 aliphatic heterocycles. The number of hydrogen-bond acceptors (Lipinski definition) is 2. The molecule has 0 amide bonds. The van der Waals surface area contributed by atoms with Crippen LogP contribution < -0.4 is 5.32 Å². The average molecular weight is 221 g/mol. The van der Waals surface area contributed by atoms with Crippen molar-refractivity contribution in [1.82, 2.24) is 5.32 Å². The molecule has 15 heavy (non-hydrogen) atoms. The summed E-state index contributed by atoms with van der Waals surface area (Å²) >= 11 is 2.05. The Morgan fingerprint density at radius 2 is 2.07 bits per heavy atom. The van der Waals surface area contributed by atoms with E-state index in [1.54, 1.807) is 0 Å². The molecule has 1 aromatic carbocycles. The molecule has 1 N–H and O–H groups in total. The third-order valence-electron chi connectivity index (χ3n) is 2.88. The standard InChI is InChI=1S/C13H19NS/c1-10-6-4-5-7-11(10)12-8-15-9-13(2,3)14-12/h4-7,12,14H,8-9H2,1-3H3.